The number of aromatic amines is 1. The molecule has 4 N–H and O–H groups in total. The van der Waals surface area contributed by atoms with Crippen molar-refractivity contribution in [3.8, 4) is 11.3 Å². The zero-order valence-electron chi connectivity index (χ0n) is 19.4. The second-order valence-electron chi connectivity index (χ2n) is 9.16. The molecule has 1 aliphatic heterocycles. The predicted molar refractivity (Wildman–Crippen MR) is 129 cm³/mol. The zero-order valence-corrected chi connectivity index (χ0v) is 20.2. The average Bonchev–Trinajstić information content (AvgIpc) is 3.21. The van der Waals surface area contributed by atoms with Crippen LogP contribution in [0, 0.1) is 0 Å². The molecule has 8 nitrogen and oxygen atoms in total. The quantitative estimate of drug-likeness (QED) is 0.361. The van der Waals surface area contributed by atoms with E-state index in [1.165, 1.54) is 12.3 Å². The van der Waals surface area contributed by atoms with Crippen LogP contribution in [0.25, 0.3) is 22.2 Å². The van der Waals surface area contributed by atoms with Gasteiger partial charge in [0.15, 0.2) is 0 Å². The number of rotatable bonds is 5. The number of hydrogen-bond acceptors (Lipinski definition) is 6. The molecule has 4 rings (SSSR count). The van der Waals surface area contributed by atoms with Crippen molar-refractivity contribution in [2.45, 2.75) is 50.9 Å². The molecule has 0 aliphatic carbocycles. The predicted octanol–water partition coefficient (Wildman–Crippen LogP) is 5.50. The van der Waals surface area contributed by atoms with E-state index in [0.717, 1.165) is 26.5 Å². The lowest BCUT2D eigenvalue weighted by Crippen LogP contribution is -2.50. The molecule has 188 valence electrons. The number of carbonyl (C=O) groups is 1. The van der Waals surface area contributed by atoms with E-state index in [9.17, 15) is 18.0 Å². The van der Waals surface area contributed by atoms with E-state index in [1.807, 2.05) is 0 Å². The van der Waals surface area contributed by atoms with Crippen molar-refractivity contribution in [2.75, 3.05) is 24.3 Å². The van der Waals surface area contributed by atoms with Crippen LogP contribution < -0.4 is 16.0 Å². The second-order valence-corrected chi connectivity index (χ2v) is 9.57. The molecule has 1 atom stereocenters. The highest BCUT2D eigenvalue weighted by Gasteiger charge is 2.31. The van der Waals surface area contributed by atoms with Crippen LogP contribution in [0.2, 0.25) is 5.02 Å². The van der Waals surface area contributed by atoms with Crippen LogP contribution in [-0.2, 0) is 11.2 Å². The summed E-state index contributed by atoms with van der Waals surface area (Å²) in [7, 11) is 1.14. The number of alkyl halides is 3. The van der Waals surface area contributed by atoms with Crippen molar-refractivity contribution in [1.82, 2.24) is 20.3 Å². The summed E-state index contributed by atoms with van der Waals surface area (Å²) in [6.45, 7) is 5.05. The first-order valence-electron chi connectivity index (χ1n) is 11.0. The highest BCUT2D eigenvalue weighted by molar-refractivity contribution is 6.33. The maximum atomic E-state index is 13.4. The lowest BCUT2D eigenvalue weighted by atomic mass is 9.91. The molecule has 3 heterocycles. The number of ether oxygens (including phenoxy) is 1. The van der Waals surface area contributed by atoms with Crippen molar-refractivity contribution >= 4 is 40.2 Å². The molecule has 12 heteroatoms. The minimum absolute atomic E-state index is 0.000984. The highest BCUT2D eigenvalue weighted by atomic mass is 35.5. The first-order valence-corrected chi connectivity index (χ1v) is 11.4. The number of fused-ring (bicyclic) bond motifs is 1. The van der Waals surface area contributed by atoms with Gasteiger partial charge in [0.2, 0.25) is 5.95 Å². The molecular formula is C23H26ClF3N6O2. The maximum absolute atomic E-state index is 13.4. The number of nitrogens with one attached hydrogen (secondary N) is 4. The third kappa shape index (κ3) is 5.79. The molecule has 2 aromatic heterocycles. The SMILES string of the molecule is COC(=O)Nc1ccc2c(-c3nc(N[C@H]4CCC(C)(C)NC4)ncc3Cl)c[nH]c2c1CC(F)(F)F. The van der Waals surface area contributed by atoms with Gasteiger partial charge in [0.05, 0.1) is 36.0 Å². The van der Waals surface area contributed by atoms with Gasteiger partial charge >= 0.3 is 12.3 Å². The third-order valence-corrected chi connectivity index (χ3v) is 6.32. The Morgan fingerprint density at radius 1 is 1.34 bits per heavy atom. The molecule has 1 saturated heterocycles. The van der Waals surface area contributed by atoms with E-state index in [2.05, 4.69) is 49.5 Å². The van der Waals surface area contributed by atoms with Crippen LogP contribution in [0.5, 0.6) is 0 Å². The van der Waals surface area contributed by atoms with Crippen LogP contribution >= 0.6 is 11.6 Å². The summed E-state index contributed by atoms with van der Waals surface area (Å²) in [5, 5.41) is 9.87. The zero-order chi connectivity index (χ0) is 25.4. The van der Waals surface area contributed by atoms with Crippen molar-refractivity contribution in [1.29, 1.82) is 0 Å². The number of aromatic nitrogens is 3. The number of amides is 1. The molecule has 35 heavy (non-hydrogen) atoms. The largest absolute Gasteiger partial charge is 0.453 e. The Hall–Kier alpha value is -3.05. The minimum atomic E-state index is -4.50. The van der Waals surface area contributed by atoms with Gasteiger partial charge in [0, 0.05) is 46.5 Å². The van der Waals surface area contributed by atoms with Gasteiger partial charge in [0.25, 0.3) is 0 Å². The summed E-state index contributed by atoms with van der Waals surface area (Å²) in [5.74, 6) is 0.379. The minimum Gasteiger partial charge on any atom is -0.453 e. The van der Waals surface area contributed by atoms with Gasteiger partial charge in [-0.15, -0.1) is 0 Å². The van der Waals surface area contributed by atoms with Gasteiger partial charge in [-0.2, -0.15) is 13.2 Å². The normalized spacial score (nSPS) is 17.9. The van der Waals surface area contributed by atoms with Gasteiger partial charge in [-0.1, -0.05) is 17.7 Å². The smallest absolute Gasteiger partial charge is 0.411 e. The lowest BCUT2D eigenvalue weighted by molar-refractivity contribution is -0.126. The van der Waals surface area contributed by atoms with Crippen molar-refractivity contribution in [3.05, 3.63) is 35.1 Å². The molecule has 0 unspecified atom stereocenters. The van der Waals surface area contributed by atoms with Crippen molar-refractivity contribution in [2.24, 2.45) is 0 Å². The molecule has 1 aromatic carbocycles. The Morgan fingerprint density at radius 2 is 2.11 bits per heavy atom. The summed E-state index contributed by atoms with van der Waals surface area (Å²) >= 11 is 6.40. The van der Waals surface area contributed by atoms with Crippen LogP contribution in [0.4, 0.5) is 29.6 Å². The lowest BCUT2D eigenvalue weighted by Gasteiger charge is -2.36. The van der Waals surface area contributed by atoms with E-state index in [0.29, 0.717) is 22.6 Å². The fraction of sp³-hybridized carbons (Fsp3) is 0.435. The Morgan fingerprint density at radius 3 is 2.77 bits per heavy atom. The molecule has 1 fully saturated rings. The molecule has 3 aromatic rings. The Bertz CT molecular complexity index is 1230. The summed E-state index contributed by atoms with van der Waals surface area (Å²) in [5.41, 5.74) is 1.07. The Kier molecular flexibility index (Phi) is 6.83. The summed E-state index contributed by atoms with van der Waals surface area (Å²) in [6.07, 6.45) is -1.68. The van der Waals surface area contributed by atoms with Crippen LogP contribution in [0.3, 0.4) is 0 Å². The monoisotopic (exact) mass is 510 g/mol. The Balaban J connectivity index is 1.70. The van der Waals surface area contributed by atoms with Crippen LogP contribution in [0.1, 0.15) is 32.3 Å². The van der Waals surface area contributed by atoms with Gasteiger partial charge in [-0.05, 0) is 32.8 Å². The second kappa shape index (κ2) is 9.54. The molecular weight excluding hydrogens is 485 g/mol. The molecule has 0 bridgehead atoms. The number of H-pyrrole nitrogens is 1. The van der Waals surface area contributed by atoms with Gasteiger partial charge in [0.1, 0.15) is 0 Å². The molecule has 0 saturated carbocycles. The van der Waals surface area contributed by atoms with Crippen LogP contribution in [-0.4, -0.2) is 52.5 Å². The number of piperidine rings is 1. The van der Waals surface area contributed by atoms with E-state index in [-0.39, 0.29) is 33.4 Å². The Labute approximate surface area is 205 Å². The van der Waals surface area contributed by atoms with E-state index >= 15 is 0 Å². The number of methoxy groups -OCH3 is 1. The van der Waals surface area contributed by atoms with Gasteiger partial charge < -0.3 is 20.4 Å². The van der Waals surface area contributed by atoms with E-state index in [4.69, 9.17) is 11.6 Å². The van der Waals surface area contributed by atoms with Crippen LogP contribution in [0.15, 0.2) is 24.5 Å². The topological polar surface area (TPSA) is 104 Å². The summed E-state index contributed by atoms with van der Waals surface area (Å²) in [6, 6.07) is 3.14. The number of halogens is 4. The first kappa shape index (κ1) is 25.1. The maximum Gasteiger partial charge on any atom is 0.411 e. The van der Waals surface area contributed by atoms with E-state index in [1.54, 1.807) is 12.3 Å². The molecule has 1 amide bonds. The van der Waals surface area contributed by atoms with E-state index < -0.39 is 18.7 Å². The van der Waals surface area contributed by atoms with Crippen molar-refractivity contribution in [3.63, 3.8) is 0 Å². The fourth-order valence-electron chi connectivity index (χ4n) is 4.17. The standard InChI is InChI=1S/C23H26ClF3N6O2/c1-22(2)7-6-12(9-30-22)31-20-29-11-16(24)19(33-20)15-10-28-18-13(15)4-5-17(32-21(34)35-3)14(18)8-23(25,26)27/h4-5,10-12,28,30H,6-9H2,1-3H3,(H,32,34)(H,29,31,33)/t12-/m0/s1. The number of carbonyl (C=O) groups excluding carboxylic acids is 1. The number of anilines is 2. The number of hydrogen-bond donors (Lipinski definition) is 4. The third-order valence-electron chi connectivity index (χ3n) is 6.04. The molecule has 1 aliphatic rings. The average molecular weight is 511 g/mol. The molecule has 0 spiro atoms. The summed E-state index contributed by atoms with van der Waals surface area (Å²) in [4.78, 5) is 23.4. The fourth-order valence-corrected chi connectivity index (χ4v) is 4.37. The highest BCUT2D eigenvalue weighted by Crippen LogP contribution is 2.38. The summed E-state index contributed by atoms with van der Waals surface area (Å²) < 4.78 is 44.7. The van der Waals surface area contributed by atoms with Gasteiger partial charge in [-0.3, -0.25) is 5.32 Å². The first-order chi connectivity index (χ1) is 16.5. The molecule has 0 radical (unpaired) electrons. The number of benzene rings is 1. The van der Waals surface area contributed by atoms with Gasteiger partial charge in [-0.25, -0.2) is 14.8 Å². The number of nitrogens with zero attached hydrogens (tertiary/aromatic N) is 2. The van der Waals surface area contributed by atoms with Crippen molar-refractivity contribution < 1.29 is 22.7 Å².